The highest BCUT2D eigenvalue weighted by molar-refractivity contribution is 7.26. The molecule has 0 bridgehead atoms. The number of fused-ring (bicyclic) bond motifs is 7. The van der Waals surface area contributed by atoms with Crippen LogP contribution in [0.25, 0.3) is 104 Å². The number of nitrogens with zero attached hydrogens (tertiary/aromatic N) is 4. The molecule has 0 amide bonds. The van der Waals surface area contributed by atoms with E-state index in [-0.39, 0.29) is 0 Å². The molecule has 12 aromatic rings. The van der Waals surface area contributed by atoms with Crippen LogP contribution in [0.2, 0.25) is 0 Å². The Bertz CT molecular complexity index is 3580. The number of rotatable bonds is 8. The van der Waals surface area contributed by atoms with Crippen molar-refractivity contribution in [2.45, 2.75) is 6.42 Å². The fourth-order valence-corrected chi connectivity index (χ4v) is 10.4. The lowest BCUT2D eigenvalue weighted by molar-refractivity contribution is 0.926. The average Bonchev–Trinajstić information content (AvgIpc) is 3.90. The lowest BCUT2D eigenvalue weighted by Crippen LogP contribution is -2.02. The number of thiophene rings is 1. The Balaban J connectivity index is 1.03. The van der Waals surface area contributed by atoms with Crippen molar-refractivity contribution in [3.05, 3.63) is 230 Å². The van der Waals surface area contributed by atoms with Crippen LogP contribution in [0, 0.1) is 0 Å². The molecule has 0 aliphatic heterocycles. The highest BCUT2D eigenvalue weighted by Gasteiger charge is 2.19. The summed E-state index contributed by atoms with van der Waals surface area (Å²) in [7, 11) is 0. The fourth-order valence-electron chi connectivity index (χ4n) is 9.25. The summed E-state index contributed by atoms with van der Waals surface area (Å²) >= 11 is 1.87. The second-order valence-electron chi connectivity index (χ2n) is 16.0. The first-order chi connectivity index (χ1) is 31.2. The number of para-hydroxylation sites is 2. The number of hydrogen-bond donors (Lipinski definition) is 0. The summed E-state index contributed by atoms with van der Waals surface area (Å²) in [5.74, 6) is 1.40. The van der Waals surface area contributed by atoms with Gasteiger partial charge in [-0.05, 0) is 105 Å². The molecule has 63 heavy (non-hydrogen) atoms. The lowest BCUT2D eigenvalue weighted by Gasteiger charge is -2.15. The topological polar surface area (TPSA) is 43.6 Å². The van der Waals surface area contributed by atoms with Crippen LogP contribution >= 0.6 is 11.3 Å². The molecule has 12 rings (SSSR count). The molecule has 0 radical (unpaired) electrons. The van der Waals surface area contributed by atoms with Gasteiger partial charge in [0.15, 0.2) is 5.82 Å². The van der Waals surface area contributed by atoms with Crippen molar-refractivity contribution in [3.8, 4) is 61.6 Å². The maximum atomic E-state index is 5.02. The minimum Gasteiger partial charge on any atom is -0.309 e. The Morgan fingerprint density at radius 3 is 1.73 bits per heavy atom. The Morgan fingerprint density at radius 1 is 0.397 bits per heavy atom. The summed E-state index contributed by atoms with van der Waals surface area (Å²) in [5, 5.41) is 5.15. The standard InChI is InChI=1S/C58H38N4S/c1-5-15-38(16-6-1)43-32-44(39-17-7-2-8-18-39)34-45(33-43)41-25-27-48(46(31-41)36-55-59-37-60-58(61-55)40-19-9-3-10-20-40)42-26-28-50-54(35-42)63-53-30-29-52-56(57(50)53)49-23-13-14-24-51(49)62(52)47-21-11-4-12-22-47/h1-35,37H,36H2. The molecule has 0 atom stereocenters. The number of aromatic nitrogens is 4. The zero-order chi connectivity index (χ0) is 41.7. The van der Waals surface area contributed by atoms with Crippen LogP contribution < -0.4 is 0 Å². The van der Waals surface area contributed by atoms with Crippen molar-refractivity contribution in [3.63, 3.8) is 0 Å². The van der Waals surface area contributed by atoms with Gasteiger partial charge in [0, 0.05) is 48.6 Å². The van der Waals surface area contributed by atoms with Gasteiger partial charge in [-0.1, -0.05) is 158 Å². The number of hydrogen-bond acceptors (Lipinski definition) is 4. The van der Waals surface area contributed by atoms with Gasteiger partial charge < -0.3 is 4.57 Å². The predicted molar refractivity (Wildman–Crippen MR) is 263 cm³/mol. The van der Waals surface area contributed by atoms with Gasteiger partial charge in [0.25, 0.3) is 0 Å². The molecule has 3 aromatic heterocycles. The zero-order valence-corrected chi connectivity index (χ0v) is 35.0. The maximum absolute atomic E-state index is 5.02. The molecular formula is C58H38N4S. The molecule has 5 heteroatoms. The zero-order valence-electron chi connectivity index (χ0n) is 34.2. The third-order valence-corrected chi connectivity index (χ3v) is 13.3. The Kier molecular flexibility index (Phi) is 9.05. The molecule has 0 N–H and O–H groups in total. The van der Waals surface area contributed by atoms with E-state index >= 15 is 0 Å². The quantitative estimate of drug-likeness (QED) is 0.153. The highest BCUT2D eigenvalue weighted by Crippen LogP contribution is 2.45. The summed E-state index contributed by atoms with van der Waals surface area (Å²) in [5.41, 5.74) is 15.1. The largest absolute Gasteiger partial charge is 0.309 e. The van der Waals surface area contributed by atoms with Crippen LogP contribution in [-0.4, -0.2) is 19.5 Å². The second-order valence-corrected chi connectivity index (χ2v) is 17.1. The van der Waals surface area contributed by atoms with Crippen molar-refractivity contribution < 1.29 is 0 Å². The van der Waals surface area contributed by atoms with E-state index in [2.05, 4.69) is 192 Å². The third-order valence-electron chi connectivity index (χ3n) is 12.2. The van der Waals surface area contributed by atoms with E-state index in [9.17, 15) is 0 Å². The molecule has 296 valence electrons. The fraction of sp³-hybridized carbons (Fsp3) is 0.0172. The van der Waals surface area contributed by atoms with Gasteiger partial charge in [0.05, 0.1) is 11.0 Å². The van der Waals surface area contributed by atoms with Gasteiger partial charge in [0.2, 0.25) is 0 Å². The first-order valence-corrected chi connectivity index (χ1v) is 22.1. The van der Waals surface area contributed by atoms with Gasteiger partial charge in [0.1, 0.15) is 12.2 Å². The van der Waals surface area contributed by atoms with Crippen LogP contribution in [0.1, 0.15) is 11.4 Å². The van der Waals surface area contributed by atoms with Crippen LogP contribution in [-0.2, 0) is 6.42 Å². The molecule has 0 unspecified atom stereocenters. The highest BCUT2D eigenvalue weighted by atomic mass is 32.1. The molecule has 0 fully saturated rings. The van der Waals surface area contributed by atoms with Gasteiger partial charge in [-0.15, -0.1) is 11.3 Å². The molecular weight excluding hydrogens is 785 g/mol. The summed E-state index contributed by atoms with van der Waals surface area (Å²) in [6.07, 6.45) is 2.18. The van der Waals surface area contributed by atoms with Crippen molar-refractivity contribution in [1.82, 2.24) is 19.5 Å². The van der Waals surface area contributed by atoms with E-state index in [4.69, 9.17) is 9.97 Å². The SMILES string of the molecule is c1ccc(-c2cc(-c3ccccc3)cc(-c3ccc(-c4ccc5c(c4)sc4ccc6c(c7ccccc7n6-c6ccccc6)c45)c(Cc4ncnc(-c5ccccc5)n4)c3)c2)cc1. The molecule has 0 aliphatic rings. The van der Waals surface area contributed by atoms with E-state index in [0.717, 1.165) is 39.3 Å². The predicted octanol–water partition coefficient (Wildman–Crippen LogP) is 15.3. The van der Waals surface area contributed by atoms with Crippen molar-refractivity contribution in [2.75, 3.05) is 0 Å². The molecule has 3 heterocycles. The average molecular weight is 823 g/mol. The molecule has 0 aliphatic carbocycles. The maximum Gasteiger partial charge on any atom is 0.163 e. The van der Waals surface area contributed by atoms with Crippen molar-refractivity contribution >= 4 is 53.3 Å². The Morgan fingerprint density at radius 2 is 1.02 bits per heavy atom. The van der Waals surface area contributed by atoms with Gasteiger partial charge in [-0.25, -0.2) is 15.0 Å². The van der Waals surface area contributed by atoms with Crippen molar-refractivity contribution in [2.24, 2.45) is 0 Å². The van der Waals surface area contributed by atoms with E-state index in [1.165, 1.54) is 69.8 Å². The van der Waals surface area contributed by atoms with Crippen LogP contribution in [0.15, 0.2) is 219 Å². The molecule has 0 spiro atoms. The van der Waals surface area contributed by atoms with E-state index < -0.39 is 0 Å². The summed E-state index contributed by atoms with van der Waals surface area (Å²) in [4.78, 5) is 14.3. The molecule has 0 saturated carbocycles. The second kappa shape index (κ2) is 15.5. The van der Waals surface area contributed by atoms with Crippen molar-refractivity contribution in [1.29, 1.82) is 0 Å². The normalized spacial score (nSPS) is 11.6. The van der Waals surface area contributed by atoms with E-state index in [1.807, 2.05) is 41.7 Å². The Labute approximate surface area is 369 Å². The summed E-state index contributed by atoms with van der Waals surface area (Å²) in [6, 6.07) is 76.4. The van der Waals surface area contributed by atoms with Crippen LogP contribution in [0.4, 0.5) is 0 Å². The van der Waals surface area contributed by atoms with Gasteiger partial charge in [-0.2, -0.15) is 0 Å². The molecule has 0 saturated heterocycles. The van der Waals surface area contributed by atoms with Crippen LogP contribution in [0.5, 0.6) is 0 Å². The first kappa shape index (κ1) is 36.8. The third kappa shape index (κ3) is 6.67. The van der Waals surface area contributed by atoms with Gasteiger partial charge in [-0.3, -0.25) is 0 Å². The summed E-state index contributed by atoms with van der Waals surface area (Å²) < 4.78 is 4.95. The van der Waals surface area contributed by atoms with Crippen LogP contribution in [0.3, 0.4) is 0 Å². The van der Waals surface area contributed by atoms with Gasteiger partial charge >= 0.3 is 0 Å². The number of benzene rings is 9. The van der Waals surface area contributed by atoms with E-state index in [1.54, 1.807) is 6.33 Å². The smallest absolute Gasteiger partial charge is 0.163 e. The minimum atomic E-state index is 0.541. The monoisotopic (exact) mass is 822 g/mol. The van der Waals surface area contributed by atoms with E-state index in [0.29, 0.717) is 12.2 Å². The Hall–Kier alpha value is -7.99. The summed E-state index contributed by atoms with van der Waals surface area (Å²) in [6.45, 7) is 0. The first-order valence-electron chi connectivity index (χ1n) is 21.3. The molecule has 4 nitrogen and oxygen atoms in total. The lowest BCUT2D eigenvalue weighted by atomic mass is 9.90. The minimum absolute atomic E-state index is 0.541. The molecule has 9 aromatic carbocycles.